The molecule has 28 heavy (non-hydrogen) atoms. The Balaban J connectivity index is 1.48. The van der Waals surface area contributed by atoms with E-state index in [4.69, 9.17) is 9.15 Å². The summed E-state index contributed by atoms with van der Waals surface area (Å²) in [6, 6.07) is 10.5. The van der Waals surface area contributed by atoms with Gasteiger partial charge in [0.15, 0.2) is 5.76 Å². The number of amides is 2. The SMILES string of the molecule is CCOC(=O)c1cc2cc(NC(=O)CCCNC(=O)c3ccco3)ccc2s1. The van der Waals surface area contributed by atoms with E-state index in [1.807, 2.05) is 12.1 Å². The number of rotatable bonds is 8. The number of anilines is 1. The summed E-state index contributed by atoms with van der Waals surface area (Å²) >= 11 is 1.36. The first-order chi connectivity index (χ1) is 13.6. The molecule has 8 heteroatoms. The minimum absolute atomic E-state index is 0.146. The van der Waals surface area contributed by atoms with Gasteiger partial charge in [0.05, 0.1) is 12.9 Å². The van der Waals surface area contributed by atoms with Crippen LogP contribution in [-0.4, -0.2) is 30.9 Å². The topological polar surface area (TPSA) is 97.6 Å². The van der Waals surface area contributed by atoms with Crippen molar-refractivity contribution in [2.45, 2.75) is 19.8 Å². The Morgan fingerprint density at radius 1 is 1.18 bits per heavy atom. The summed E-state index contributed by atoms with van der Waals surface area (Å²) in [5, 5.41) is 6.40. The van der Waals surface area contributed by atoms with Crippen molar-refractivity contribution >= 4 is 44.9 Å². The number of carbonyl (C=O) groups excluding carboxylic acids is 3. The van der Waals surface area contributed by atoms with Crippen LogP contribution in [0, 0.1) is 0 Å². The van der Waals surface area contributed by atoms with Gasteiger partial charge in [-0.25, -0.2) is 4.79 Å². The van der Waals surface area contributed by atoms with E-state index in [1.165, 1.54) is 17.6 Å². The Morgan fingerprint density at radius 3 is 2.79 bits per heavy atom. The standard InChI is InChI=1S/C20H20N2O5S/c1-2-26-20(25)17-12-13-11-14(7-8-16(13)28-17)22-18(23)6-3-9-21-19(24)15-5-4-10-27-15/h4-5,7-8,10-12H,2-3,6,9H2,1H3,(H,21,24)(H,22,23). The van der Waals surface area contributed by atoms with E-state index in [-0.39, 0.29) is 30.0 Å². The number of ether oxygens (including phenoxy) is 1. The second-order valence-electron chi connectivity index (χ2n) is 5.97. The largest absolute Gasteiger partial charge is 0.462 e. The number of hydrogen-bond acceptors (Lipinski definition) is 6. The van der Waals surface area contributed by atoms with Crippen LogP contribution in [0.2, 0.25) is 0 Å². The van der Waals surface area contributed by atoms with Gasteiger partial charge in [0.25, 0.3) is 5.91 Å². The molecule has 0 spiro atoms. The van der Waals surface area contributed by atoms with Gasteiger partial charge in [-0.2, -0.15) is 0 Å². The number of esters is 1. The molecule has 0 radical (unpaired) electrons. The Bertz CT molecular complexity index is 978. The van der Waals surface area contributed by atoms with Crippen molar-refractivity contribution in [3.63, 3.8) is 0 Å². The maximum atomic E-state index is 12.1. The first-order valence-corrected chi connectivity index (χ1v) is 9.70. The van der Waals surface area contributed by atoms with Gasteiger partial charge in [0.1, 0.15) is 4.88 Å². The highest BCUT2D eigenvalue weighted by molar-refractivity contribution is 7.20. The molecule has 2 aromatic heterocycles. The van der Waals surface area contributed by atoms with Gasteiger partial charge in [-0.3, -0.25) is 9.59 Å². The molecule has 3 aromatic rings. The monoisotopic (exact) mass is 400 g/mol. The number of thiophene rings is 1. The molecule has 2 amide bonds. The number of furan rings is 1. The zero-order valence-electron chi connectivity index (χ0n) is 15.3. The smallest absolute Gasteiger partial charge is 0.348 e. The summed E-state index contributed by atoms with van der Waals surface area (Å²) in [7, 11) is 0. The third kappa shape index (κ3) is 4.98. The van der Waals surface area contributed by atoms with E-state index in [9.17, 15) is 14.4 Å². The molecular formula is C20H20N2O5S. The van der Waals surface area contributed by atoms with E-state index in [0.29, 0.717) is 30.1 Å². The third-order valence-electron chi connectivity index (χ3n) is 3.89. The van der Waals surface area contributed by atoms with Crippen LogP contribution in [-0.2, 0) is 9.53 Å². The second-order valence-corrected chi connectivity index (χ2v) is 7.05. The van der Waals surface area contributed by atoms with Crippen LogP contribution >= 0.6 is 11.3 Å². The van der Waals surface area contributed by atoms with E-state index >= 15 is 0 Å². The molecular weight excluding hydrogens is 380 g/mol. The number of hydrogen-bond donors (Lipinski definition) is 2. The second kappa shape index (κ2) is 9.18. The normalized spacial score (nSPS) is 10.6. The van der Waals surface area contributed by atoms with Crippen LogP contribution in [0.1, 0.15) is 40.0 Å². The van der Waals surface area contributed by atoms with Gasteiger partial charge < -0.3 is 19.8 Å². The summed E-state index contributed by atoms with van der Waals surface area (Å²) in [5.74, 6) is -0.542. The zero-order chi connectivity index (χ0) is 19.9. The van der Waals surface area contributed by atoms with Crippen molar-refractivity contribution in [1.82, 2.24) is 5.32 Å². The summed E-state index contributed by atoms with van der Waals surface area (Å²) in [6.45, 7) is 2.47. The molecule has 0 aliphatic heterocycles. The molecule has 0 bridgehead atoms. The van der Waals surface area contributed by atoms with Gasteiger partial charge in [0.2, 0.25) is 5.91 Å². The third-order valence-corrected chi connectivity index (χ3v) is 4.98. The van der Waals surface area contributed by atoms with Crippen LogP contribution in [0.15, 0.2) is 47.1 Å². The first kappa shape index (κ1) is 19.6. The predicted molar refractivity (Wildman–Crippen MR) is 107 cm³/mol. The van der Waals surface area contributed by atoms with Gasteiger partial charge in [0, 0.05) is 23.4 Å². The van der Waals surface area contributed by atoms with Gasteiger partial charge in [-0.15, -0.1) is 11.3 Å². The maximum absolute atomic E-state index is 12.1. The van der Waals surface area contributed by atoms with Crippen molar-refractivity contribution < 1.29 is 23.5 Å². The van der Waals surface area contributed by atoms with E-state index in [2.05, 4.69) is 10.6 Å². The molecule has 146 valence electrons. The highest BCUT2D eigenvalue weighted by Crippen LogP contribution is 2.28. The molecule has 2 N–H and O–H groups in total. The summed E-state index contributed by atoms with van der Waals surface area (Å²) < 4.78 is 11.0. The van der Waals surface area contributed by atoms with Crippen molar-refractivity contribution in [3.05, 3.63) is 53.3 Å². The summed E-state index contributed by atoms with van der Waals surface area (Å²) in [6.07, 6.45) is 2.21. The maximum Gasteiger partial charge on any atom is 0.348 e. The van der Waals surface area contributed by atoms with E-state index in [1.54, 1.807) is 31.2 Å². The molecule has 3 rings (SSSR count). The Morgan fingerprint density at radius 2 is 2.04 bits per heavy atom. The fourth-order valence-corrected chi connectivity index (χ4v) is 3.53. The van der Waals surface area contributed by atoms with Crippen LogP contribution in [0.5, 0.6) is 0 Å². The molecule has 0 saturated heterocycles. The fourth-order valence-electron chi connectivity index (χ4n) is 2.59. The molecule has 0 atom stereocenters. The molecule has 0 aliphatic carbocycles. The van der Waals surface area contributed by atoms with E-state index < -0.39 is 0 Å². The number of nitrogens with one attached hydrogen (secondary N) is 2. The van der Waals surface area contributed by atoms with Crippen molar-refractivity contribution in [1.29, 1.82) is 0 Å². The Labute approximate surface area is 165 Å². The summed E-state index contributed by atoms with van der Waals surface area (Å²) in [4.78, 5) is 36.2. The molecule has 1 aromatic carbocycles. The molecule has 0 unspecified atom stereocenters. The van der Waals surface area contributed by atoms with Crippen molar-refractivity contribution in [2.24, 2.45) is 0 Å². The quantitative estimate of drug-likeness (QED) is 0.442. The van der Waals surface area contributed by atoms with Crippen LogP contribution < -0.4 is 10.6 Å². The van der Waals surface area contributed by atoms with Crippen molar-refractivity contribution in [3.8, 4) is 0 Å². The lowest BCUT2D eigenvalue weighted by atomic mass is 10.2. The molecule has 0 saturated carbocycles. The zero-order valence-corrected chi connectivity index (χ0v) is 16.1. The predicted octanol–water partition coefficient (Wildman–Crippen LogP) is 3.82. The average molecular weight is 400 g/mol. The van der Waals surface area contributed by atoms with E-state index in [0.717, 1.165) is 10.1 Å². The fraction of sp³-hybridized carbons (Fsp3) is 0.250. The number of carbonyl (C=O) groups is 3. The average Bonchev–Trinajstić information content (AvgIpc) is 3.34. The van der Waals surface area contributed by atoms with Gasteiger partial charge in [-0.05, 0) is 55.1 Å². The minimum atomic E-state index is -0.342. The molecule has 7 nitrogen and oxygen atoms in total. The lowest BCUT2D eigenvalue weighted by molar-refractivity contribution is -0.116. The molecule has 0 aliphatic rings. The number of fused-ring (bicyclic) bond motifs is 1. The lowest BCUT2D eigenvalue weighted by Gasteiger charge is -2.06. The van der Waals surface area contributed by atoms with Crippen LogP contribution in [0.25, 0.3) is 10.1 Å². The summed E-state index contributed by atoms with van der Waals surface area (Å²) in [5.41, 5.74) is 0.658. The van der Waals surface area contributed by atoms with Crippen LogP contribution in [0.4, 0.5) is 5.69 Å². The minimum Gasteiger partial charge on any atom is -0.462 e. The van der Waals surface area contributed by atoms with Crippen LogP contribution in [0.3, 0.4) is 0 Å². The Kier molecular flexibility index (Phi) is 6.44. The number of benzene rings is 1. The Hall–Kier alpha value is -3.13. The van der Waals surface area contributed by atoms with Gasteiger partial charge >= 0.3 is 5.97 Å². The molecule has 0 fully saturated rings. The van der Waals surface area contributed by atoms with Gasteiger partial charge in [-0.1, -0.05) is 0 Å². The lowest BCUT2D eigenvalue weighted by Crippen LogP contribution is -2.25. The van der Waals surface area contributed by atoms with Crippen molar-refractivity contribution in [2.75, 3.05) is 18.5 Å². The highest BCUT2D eigenvalue weighted by atomic mass is 32.1. The molecule has 2 heterocycles. The highest BCUT2D eigenvalue weighted by Gasteiger charge is 2.12. The first-order valence-electron chi connectivity index (χ1n) is 8.89.